The van der Waals surface area contributed by atoms with Crippen LogP contribution in [0, 0.1) is 0 Å². The van der Waals surface area contributed by atoms with E-state index in [-0.39, 0.29) is 18.1 Å². The number of ether oxygens (including phenoxy) is 1. The SMILES string of the molecule is CN(C)C(=O)c1cc(Oc2ccc3nc(N[C@@H]4CCCC[C@H]4O)sc3c2)ccn1. The van der Waals surface area contributed by atoms with Gasteiger partial charge in [-0.15, -0.1) is 0 Å². The molecule has 1 aromatic carbocycles. The molecule has 8 heteroatoms. The van der Waals surface area contributed by atoms with Crippen LogP contribution < -0.4 is 10.1 Å². The molecule has 2 aromatic heterocycles. The summed E-state index contributed by atoms with van der Waals surface area (Å²) in [5.41, 5.74) is 1.22. The Morgan fingerprint density at radius 3 is 2.79 bits per heavy atom. The topological polar surface area (TPSA) is 87.6 Å². The van der Waals surface area contributed by atoms with Gasteiger partial charge in [0, 0.05) is 32.4 Å². The summed E-state index contributed by atoms with van der Waals surface area (Å²) in [5.74, 6) is 1.05. The van der Waals surface area contributed by atoms with Crippen molar-refractivity contribution in [3.63, 3.8) is 0 Å². The monoisotopic (exact) mass is 412 g/mol. The van der Waals surface area contributed by atoms with Crippen molar-refractivity contribution in [2.75, 3.05) is 19.4 Å². The highest BCUT2D eigenvalue weighted by Crippen LogP contribution is 2.33. The molecule has 4 rings (SSSR count). The predicted octanol–water partition coefficient (Wildman–Crippen LogP) is 3.90. The van der Waals surface area contributed by atoms with Crippen molar-refractivity contribution in [2.24, 2.45) is 0 Å². The summed E-state index contributed by atoms with van der Waals surface area (Å²) >= 11 is 1.54. The lowest BCUT2D eigenvalue weighted by Gasteiger charge is -2.27. The molecule has 1 fully saturated rings. The number of carbonyl (C=O) groups is 1. The number of aliphatic hydroxyl groups is 1. The van der Waals surface area contributed by atoms with Crippen molar-refractivity contribution in [3.05, 3.63) is 42.2 Å². The first-order chi connectivity index (χ1) is 14.0. The van der Waals surface area contributed by atoms with E-state index in [4.69, 9.17) is 4.74 Å². The molecule has 1 aliphatic rings. The summed E-state index contributed by atoms with van der Waals surface area (Å²) in [7, 11) is 3.38. The molecule has 0 bridgehead atoms. The van der Waals surface area contributed by atoms with Gasteiger partial charge < -0.3 is 20.1 Å². The number of benzene rings is 1. The maximum Gasteiger partial charge on any atom is 0.272 e. The van der Waals surface area contributed by atoms with Crippen molar-refractivity contribution in [2.45, 2.75) is 37.8 Å². The highest BCUT2D eigenvalue weighted by atomic mass is 32.1. The van der Waals surface area contributed by atoms with E-state index in [1.165, 1.54) is 4.90 Å². The first-order valence-corrected chi connectivity index (χ1v) is 10.5. The van der Waals surface area contributed by atoms with Crippen LogP contribution in [0.3, 0.4) is 0 Å². The molecule has 0 saturated heterocycles. The Morgan fingerprint density at radius 2 is 2.00 bits per heavy atom. The van der Waals surface area contributed by atoms with Crippen LogP contribution >= 0.6 is 11.3 Å². The predicted molar refractivity (Wildman–Crippen MR) is 114 cm³/mol. The zero-order valence-corrected chi connectivity index (χ0v) is 17.3. The minimum Gasteiger partial charge on any atom is -0.457 e. The lowest BCUT2D eigenvalue weighted by molar-refractivity contribution is 0.0821. The van der Waals surface area contributed by atoms with Crippen molar-refractivity contribution in [1.29, 1.82) is 0 Å². The van der Waals surface area contributed by atoms with Gasteiger partial charge in [0.05, 0.1) is 22.4 Å². The van der Waals surface area contributed by atoms with Gasteiger partial charge in [0.15, 0.2) is 5.13 Å². The van der Waals surface area contributed by atoms with Gasteiger partial charge >= 0.3 is 0 Å². The molecule has 3 aromatic rings. The molecule has 0 unspecified atom stereocenters. The molecule has 7 nitrogen and oxygen atoms in total. The van der Waals surface area contributed by atoms with Gasteiger partial charge in [0.1, 0.15) is 17.2 Å². The molecule has 1 saturated carbocycles. The Balaban J connectivity index is 1.51. The molecule has 1 aliphatic carbocycles. The molecule has 1 amide bonds. The van der Waals surface area contributed by atoms with Crippen LogP contribution in [0.5, 0.6) is 11.5 Å². The summed E-state index contributed by atoms with van der Waals surface area (Å²) in [6, 6.07) is 9.12. The molecular weight excluding hydrogens is 388 g/mol. The summed E-state index contributed by atoms with van der Waals surface area (Å²) in [4.78, 5) is 22.3. The first-order valence-electron chi connectivity index (χ1n) is 9.70. The van der Waals surface area contributed by atoms with E-state index in [2.05, 4.69) is 15.3 Å². The maximum atomic E-state index is 12.1. The molecule has 0 radical (unpaired) electrons. The number of nitrogens with one attached hydrogen (secondary N) is 1. The van der Waals surface area contributed by atoms with Crippen LogP contribution in [-0.4, -0.2) is 52.1 Å². The average molecular weight is 413 g/mol. The lowest BCUT2D eigenvalue weighted by Crippen LogP contribution is -2.36. The van der Waals surface area contributed by atoms with Crippen molar-refractivity contribution >= 4 is 32.6 Å². The molecule has 2 atom stereocenters. The van der Waals surface area contributed by atoms with E-state index in [0.717, 1.165) is 41.0 Å². The van der Waals surface area contributed by atoms with Gasteiger partial charge in [0.25, 0.3) is 5.91 Å². The van der Waals surface area contributed by atoms with Crippen molar-refractivity contribution in [1.82, 2.24) is 14.9 Å². The van der Waals surface area contributed by atoms with E-state index in [9.17, 15) is 9.90 Å². The number of rotatable bonds is 5. The van der Waals surface area contributed by atoms with Crippen molar-refractivity contribution < 1.29 is 14.6 Å². The third-order valence-electron chi connectivity index (χ3n) is 4.99. The Bertz CT molecular complexity index is 1020. The van der Waals surface area contributed by atoms with Crippen LogP contribution in [0.25, 0.3) is 10.2 Å². The number of fused-ring (bicyclic) bond motifs is 1. The van der Waals surface area contributed by atoms with E-state index in [1.54, 1.807) is 43.8 Å². The highest BCUT2D eigenvalue weighted by molar-refractivity contribution is 7.22. The Morgan fingerprint density at radius 1 is 1.21 bits per heavy atom. The van der Waals surface area contributed by atoms with Gasteiger partial charge in [-0.25, -0.2) is 4.98 Å². The number of aromatic nitrogens is 2. The third kappa shape index (κ3) is 4.49. The molecule has 2 N–H and O–H groups in total. The van der Waals surface area contributed by atoms with Crippen LogP contribution in [-0.2, 0) is 0 Å². The summed E-state index contributed by atoms with van der Waals surface area (Å²) in [6.07, 6.45) is 5.25. The largest absolute Gasteiger partial charge is 0.457 e. The summed E-state index contributed by atoms with van der Waals surface area (Å²) < 4.78 is 6.94. The Labute approximate surface area is 173 Å². The third-order valence-corrected chi connectivity index (χ3v) is 5.94. The molecule has 0 spiro atoms. The Kier molecular flexibility index (Phi) is 5.64. The van der Waals surface area contributed by atoms with E-state index < -0.39 is 0 Å². The fraction of sp³-hybridized carbons (Fsp3) is 0.381. The quantitative estimate of drug-likeness (QED) is 0.661. The second-order valence-electron chi connectivity index (χ2n) is 7.43. The van der Waals surface area contributed by atoms with E-state index >= 15 is 0 Å². The van der Waals surface area contributed by atoms with Crippen LogP contribution in [0.1, 0.15) is 36.2 Å². The fourth-order valence-electron chi connectivity index (χ4n) is 3.43. The number of hydrogen-bond donors (Lipinski definition) is 2. The van der Waals surface area contributed by atoms with Gasteiger partial charge in [-0.05, 0) is 31.0 Å². The zero-order chi connectivity index (χ0) is 20.4. The maximum absolute atomic E-state index is 12.1. The van der Waals surface area contributed by atoms with E-state index in [1.807, 2.05) is 18.2 Å². The fourth-order valence-corrected chi connectivity index (χ4v) is 4.38. The first kappa shape index (κ1) is 19.6. The van der Waals surface area contributed by atoms with Gasteiger partial charge in [-0.3, -0.25) is 9.78 Å². The second kappa shape index (κ2) is 8.34. The number of pyridine rings is 1. The number of amides is 1. The molecule has 2 heterocycles. The Hall–Kier alpha value is -2.71. The number of aliphatic hydroxyl groups excluding tert-OH is 1. The average Bonchev–Trinajstić information content (AvgIpc) is 3.11. The smallest absolute Gasteiger partial charge is 0.272 e. The summed E-state index contributed by atoms with van der Waals surface area (Å²) in [6.45, 7) is 0. The second-order valence-corrected chi connectivity index (χ2v) is 8.46. The lowest BCUT2D eigenvalue weighted by atomic mass is 9.93. The van der Waals surface area contributed by atoms with Crippen LogP contribution in [0.2, 0.25) is 0 Å². The zero-order valence-electron chi connectivity index (χ0n) is 16.5. The number of anilines is 1. The van der Waals surface area contributed by atoms with Gasteiger partial charge in [0.2, 0.25) is 0 Å². The van der Waals surface area contributed by atoms with Gasteiger partial charge in [-0.1, -0.05) is 24.2 Å². The van der Waals surface area contributed by atoms with Gasteiger partial charge in [-0.2, -0.15) is 0 Å². The van der Waals surface area contributed by atoms with Crippen LogP contribution in [0.4, 0.5) is 5.13 Å². The normalized spacial score (nSPS) is 19.1. The standard InChI is InChI=1S/C21H24N4O3S/c1-25(2)20(27)17-11-14(9-10-22-17)28-13-7-8-16-19(12-13)29-21(24-16)23-15-5-3-4-6-18(15)26/h7-12,15,18,26H,3-6H2,1-2H3,(H,23,24)/t15-,18-/m1/s1. The molecular formula is C21H24N4O3S. The minimum atomic E-state index is -0.319. The highest BCUT2D eigenvalue weighted by Gasteiger charge is 2.23. The van der Waals surface area contributed by atoms with Crippen LogP contribution in [0.15, 0.2) is 36.5 Å². The number of hydrogen-bond acceptors (Lipinski definition) is 7. The van der Waals surface area contributed by atoms with E-state index in [0.29, 0.717) is 17.2 Å². The molecule has 0 aliphatic heterocycles. The number of carbonyl (C=O) groups excluding carboxylic acids is 1. The molecule has 152 valence electrons. The number of nitrogens with zero attached hydrogens (tertiary/aromatic N) is 3. The summed E-state index contributed by atoms with van der Waals surface area (Å²) in [5, 5.41) is 14.4. The van der Waals surface area contributed by atoms with Crippen molar-refractivity contribution in [3.8, 4) is 11.5 Å². The number of thiazole rings is 1. The minimum absolute atomic E-state index is 0.0597. The molecule has 29 heavy (non-hydrogen) atoms.